The average Bonchev–Trinajstić information content (AvgIpc) is 2.87. The van der Waals surface area contributed by atoms with Gasteiger partial charge in [-0.25, -0.2) is 0 Å². The molecule has 0 aliphatic carbocycles. The van der Waals surface area contributed by atoms with Gasteiger partial charge < -0.3 is 10.1 Å². The van der Waals surface area contributed by atoms with E-state index in [1.54, 1.807) is 0 Å². The maximum absolute atomic E-state index is 5.85. The predicted octanol–water partition coefficient (Wildman–Crippen LogP) is 3.75. The van der Waals surface area contributed by atoms with Gasteiger partial charge in [-0.05, 0) is 31.7 Å². The van der Waals surface area contributed by atoms with E-state index < -0.39 is 0 Å². The van der Waals surface area contributed by atoms with Crippen molar-refractivity contribution in [3.8, 4) is 0 Å². The summed E-state index contributed by atoms with van der Waals surface area (Å²) >= 11 is 0. The zero-order valence-corrected chi connectivity index (χ0v) is 12.0. The molecule has 0 bridgehead atoms. The molecule has 3 atom stereocenters. The largest absolute Gasteiger partial charge is 0.377 e. The second kappa shape index (κ2) is 8.93. The molecule has 1 aliphatic heterocycles. The van der Waals surface area contributed by atoms with Crippen LogP contribution in [0, 0.1) is 5.92 Å². The van der Waals surface area contributed by atoms with Gasteiger partial charge in [-0.2, -0.15) is 0 Å². The molecule has 2 heteroatoms. The molecule has 1 N–H and O–H groups in total. The Hall–Kier alpha value is -0.0800. The van der Waals surface area contributed by atoms with E-state index in [1.807, 2.05) is 0 Å². The normalized spacial score (nSPS) is 23.8. The second-order valence-electron chi connectivity index (χ2n) is 5.37. The Labute approximate surface area is 108 Å². The van der Waals surface area contributed by atoms with Gasteiger partial charge in [0, 0.05) is 12.6 Å². The van der Waals surface area contributed by atoms with Gasteiger partial charge in [-0.15, -0.1) is 0 Å². The molecule has 0 radical (unpaired) electrons. The monoisotopic (exact) mass is 241 g/mol. The summed E-state index contributed by atoms with van der Waals surface area (Å²) in [4.78, 5) is 0. The molecule has 0 aromatic rings. The van der Waals surface area contributed by atoms with Crippen molar-refractivity contribution in [2.75, 3.05) is 13.2 Å². The summed E-state index contributed by atoms with van der Waals surface area (Å²) in [5, 5.41) is 3.64. The van der Waals surface area contributed by atoms with Gasteiger partial charge in [-0.3, -0.25) is 0 Å². The van der Waals surface area contributed by atoms with Gasteiger partial charge in [0.15, 0.2) is 0 Å². The molecule has 3 unspecified atom stereocenters. The van der Waals surface area contributed by atoms with E-state index in [2.05, 4.69) is 26.1 Å². The highest BCUT2D eigenvalue weighted by molar-refractivity contribution is 4.82. The van der Waals surface area contributed by atoms with Crippen LogP contribution in [0.2, 0.25) is 0 Å². The van der Waals surface area contributed by atoms with E-state index in [0.29, 0.717) is 12.1 Å². The highest BCUT2D eigenvalue weighted by atomic mass is 16.5. The first-order chi connectivity index (χ1) is 8.31. The van der Waals surface area contributed by atoms with Crippen LogP contribution in [0.25, 0.3) is 0 Å². The Morgan fingerprint density at radius 3 is 2.65 bits per heavy atom. The predicted molar refractivity (Wildman–Crippen MR) is 74.4 cm³/mol. The molecule has 102 valence electrons. The molecule has 1 aliphatic rings. The number of ether oxygens (including phenoxy) is 1. The van der Waals surface area contributed by atoms with Crippen molar-refractivity contribution in [3.05, 3.63) is 0 Å². The van der Waals surface area contributed by atoms with Crippen LogP contribution in [-0.2, 0) is 4.74 Å². The number of unbranched alkanes of at least 4 members (excludes halogenated alkanes) is 1. The van der Waals surface area contributed by atoms with Crippen molar-refractivity contribution in [3.63, 3.8) is 0 Å². The maximum Gasteiger partial charge on any atom is 0.0728 e. The molecule has 0 aromatic heterocycles. The molecular formula is C15H31NO. The van der Waals surface area contributed by atoms with Crippen molar-refractivity contribution in [1.29, 1.82) is 0 Å². The third-order valence-corrected chi connectivity index (χ3v) is 4.01. The maximum atomic E-state index is 5.85. The first-order valence-corrected chi connectivity index (χ1v) is 7.66. The molecule has 1 heterocycles. The van der Waals surface area contributed by atoms with Crippen LogP contribution in [-0.4, -0.2) is 25.3 Å². The van der Waals surface area contributed by atoms with Crippen molar-refractivity contribution < 1.29 is 4.74 Å². The summed E-state index contributed by atoms with van der Waals surface area (Å²) < 4.78 is 5.85. The van der Waals surface area contributed by atoms with Crippen molar-refractivity contribution >= 4 is 0 Å². The van der Waals surface area contributed by atoms with Crippen molar-refractivity contribution in [2.24, 2.45) is 5.92 Å². The van der Waals surface area contributed by atoms with Gasteiger partial charge in [0.25, 0.3) is 0 Å². The lowest BCUT2D eigenvalue weighted by Gasteiger charge is -2.27. The van der Waals surface area contributed by atoms with Gasteiger partial charge in [0.2, 0.25) is 0 Å². The van der Waals surface area contributed by atoms with Gasteiger partial charge in [0.05, 0.1) is 6.10 Å². The summed E-state index contributed by atoms with van der Waals surface area (Å²) in [5.41, 5.74) is 0. The minimum Gasteiger partial charge on any atom is -0.377 e. The van der Waals surface area contributed by atoms with E-state index in [-0.39, 0.29) is 0 Å². The van der Waals surface area contributed by atoms with Crippen molar-refractivity contribution in [1.82, 2.24) is 5.32 Å². The van der Waals surface area contributed by atoms with E-state index in [0.717, 1.165) is 19.1 Å². The number of hydrogen-bond acceptors (Lipinski definition) is 2. The second-order valence-corrected chi connectivity index (χ2v) is 5.37. The van der Waals surface area contributed by atoms with Crippen LogP contribution in [0.4, 0.5) is 0 Å². The summed E-state index contributed by atoms with van der Waals surface area (Å²) in [6.45, 7) is 8.86. The highest BCUT2D eigenvalue weighted by Crippen LogP contribution is 2.24. The number of hydrogen-bond donors (Lipinski definition) is 1. The molecule has 0 amide bonds. The molecule has 1 saturated heterocycles. The molecule has 1 fully saturated rings. The summed E-state index contributed by atoms with van der Waals surface area (Å²) in [6.07, 6.45) is 9.68. The van der Waals surface area contributed by atoms with Crippen LogP contribution in [0.1, 0.15) is 65.7 Å². The average molecular weight is 241 g/mol. The van der Waals surface area contributed by atoms with E-state index in [4.69, 9.17) is 4.74 Å². The van der Waals surface area contributed by atoms with Crippen molar-refractivity contribution in [2.45, 2.75) is 77.9 Å². The summed E-state index contributed by atoms with van der Waals surface area (Å²) in [5.74, 6) is 0.878. The van der Waals surface area contributed by atoms with Gasteiger partial charge in [0.1, 0.15) is 0 Å². The molecular weight excluding hydrogens is 210 g/mol. The van der Waals surface area contributed by atoms with Crippen LogP contribution >= 0.6 is 0 Å². The Balaban J connectivity index is 2.39. The Morgan fingerprint density at radius 1 is 1.29 bits per heavy atom. The minimum atomic E-state index is 0.477. The quantitative estimate of drug-likeness (QED) is 0.664. The topological polar surface area (TPSA) is 21.3 Å². The lowest BCUT2D eigenvalue weighted by molar-refractivity contribution is 0.0693. The van der Waals surface area contributed by atoms with Crippen LogP contribution in [0.3, 0.4) is 0 Å². The Kier molecular flexibility index (Phi) is 7.87. The Bertz CT molecular complexity index is 178. The zero-order valence-electron chi connectivity index (χ0n) is 12.0. The van der Waals surface area contributed by atoms with E-state index in [9.17, 15) is 0 Å². The standard InChI is InChI=1S/C15H31NO/c1-4-7-9-13(5-2)12-14(16-6-3)15-10-8-11-17-15/h13-16H,4-12H2,1-3H3. The fraction of sp³-hybridized carbons (Fsp3) is 1.00. The number of nitrogens with one attached hydrogen (secondary N) is 1. The van der Waals surface area contributed by atoms with Gasteiger partial charge >= 0.3 is 0 Å². The van der Waals surface area contributed by atoms with Gasteiger partial charge in [-0.1, -0.05) is 46.5 Å². The first-order valence-electron chi connectivity index (χ1n) is 7.66. The smallest absolute Gasteiger partial charge is 0.0728 e. The minimum absolute atomic E-state index is 0.477. The zero-order chi connectivity index (χ0) is 12.5. The Morgan fingerprint density at radius 2 is 2.12 bits per heavy atom. The highest BCUT2D eigenvalue weighted by Gasteiger charge is 2.26. The van der Waals surface area contributed by atoms with E-state index >= 15 is 0 Å². The SMILES string of the molecule is CCCCC(CC)CC(NCC)C1CCCO1. The molecule has 2 nitrogen and oxygen atoms in total. The molecule has 0 aromatic carbocycles. The third-order valence-electron chi connectivity index (χ3n) is 4.01. The first kappa shape index (κ1) is 15.0. The fourth-order valence-corrected chi connectivity index (χ4v) is 2.89. The summed E-state index contributed by atoms with van der Waals surface area (Å²) in [7, 11) is 0. The number of likely N-dealkylation sites (N-methyl/N-ethyl adjacent to an activating group) is 1. The lowest BCUT2D eigenvalue weighted by atomic mass is 9.89. The summed E-state index contributed by atoms with van der Waals surface area (Å²) in [6, 6.07) is 0.587. The number of rotatable bonds is 9. The molecule has 1 rings (SSSR count). The lowest BCUT2D eigenvalue weighted by Crippen LogP contribution is -2.41. The fourth-order valence-electron chi connectivity index (χ4n) is 2.89. The van der Waals surface area contributed by atoms with Crippen LogP contribution in [0.5, 0.6) is 0 Å². The van der Waals surface area contributed by atoms with Crippen LogP contribution in [0.15, 0.2) is 0 Å². The van der Waals surface area contributed by atoms with E-state index in [1.165, 1.54) is 44.9 Å². The van der Waals surface area contributed by atoms with Crippen LogP contribution < -0.4 is 5.32 Å². The third kappa shape index (κ3) is 5.39. The molecule has 0 saturated carbocycles. The molecule has 17 heavy (non-hydrogen) atoms. The molecule has 0 spiro atoms.